The fourth-order valence-electron chi connectivity index (χ4n) is 3.24. The molecule has 0 amide bonds. The predicted octanol–water partition coefficient (Wildman–Crippen LogP) is 0.485. The molecule has 0 aromatic rings. The lowest BCUT2D eigenvalue weighted by Gasteiger charge is -2.34. The first-order chi connectivity index (χ1) is 9.41. The summed E-state index contributed by atoms with van der Waals surface area (Å²) in [7, 11) is 0. The van der Waals surface area contributed by atoms with E-state index in [1.54, 1.807) is 13.8 Å². The van der Waals surface area contributed by atoms with E-state index in [0.717, 1.165) is 0 Å². The Hall–Kier alpha value is -1.63. The molecule has 0 radical (unpaired) electrons. The molecule has 2 saturated heterocycles. The minimum atomic E-state index is -1.87. The van der Waals surface area contributed by atoms with Gasteiger partial charge in [0.25, 0.3) is 0 Å². The molecule has 2 aliphatic heterocycles. The molecule has 3 atom stereocenters. The molecule has 0 unspecified atom stereocenters. The number of carbonyl (C=O) groups is 3. The molecular weight excluding hydrogens is 280 g/mol. The van der Waals surface area contributed by atoms with Crippen molar-refractivity contribution < 1.29 is 34.1 Å². The van der Waals surface area contributed by atoms with Gasteiger partial charge in [-0.3, -0.25) is 14.4 Å². The van der Waals surface area contributed by atoms with Crippen molar-refractivity contribution in [2.24, 2.45) is 11.3 Å². The van der Waals surface area contributed by atoms with Crippen LogP contribution >= 0.6 is 0 Å². The molecule has 2 N–H and O–H groups in total. The van der Waals surface area contributed by atoms with Crippen molar-refractivity contribution in [3.05, 3.63) is 0 Å². The number of rotatable bonds is 3. The lowest BCUT2D eigenvalue weighted by molar-refractivity contribution is -0.171. The Morgan fingerprint density at radius 1 is 1.33 bits per heavy atom. The first kappa shape index (κ1) is 15.8. The summed E-state index contributed by atoms with van der Waals surface area (Å²) in [5, 5.41) is 19.7. The van der Waals surface area contributed by atoms with Gasteiger partial charge in [-0.15, -0.1) is 0 Å². The molecule has 7 heteroatoms. The van der Waals surface area contributed by atoms with Gasteiger partial charge in [0.05, 0.1) is 12.0 Å². The van der Waals surface area contributed by atoms with E-state index in [4.69, 9.17) is 9.47 Å². The van der Waals surface area contributed by atoms with Gasteiger partial charge in [0, 0.05) is 12.3 Å². The Kier molecular flexibility index (Phi) is 3.32. The number of hydrogen-bond donors (Lipinski definition) is 2. The number of esters is 2. The van der Waals surface area contributed by atoms with Crippen molar-refractivity contribution in [3.8, 4) is 0 Å². The van der Waals surface area contributed by atoms with Crippen LogP contribution in [0.5, 0.6) is 0 Å². The van der Waals surface area contributed by atoms with Crippen molar-refractivity contribution >= 4 is 17.9 Å². The average Bonchev–Trinajstić information content (AvgIpc) is 2.75. The van der Waals surface area contributed by atoms with Crippen LogP contribution in [0.1, 0.15) is 40.5 Å². The Labute approximate surface area is 122 Å². The van der Waals surface area contributed by atoms with E-state index in [-0.39, 0.29) is 12.8 Å². The number of carboxylic acid groups (broad SMARTS) is 1. The molecule has 2 rings (SSSR count). The summed E-state index contributed by atoms with van der Waals surface area (Å²) in [6.07, 6.45) is -1.28. The van der Waals surface area contributed by atoms with Crippen LogP contribution in [-0.2, 0) is 23.9 Å². The number of ether oxygens (including phenoxy) is 2. The third-order valence-corrected chi connectivity index (χ3v) is 4.47. The van der Waals surface area contributed by atoms with E-state index in [1.807, 2.05) is 0 Å². The maximum Gasteiger partial charge on any atom is 0.324 e. The predicted molar refractivity (Wildman–Crippen MR) is 69.1 cm³/mol. The minimum Gasteiger partial charge on any atom is -0.480 e. The van der Waals surface area contributed by atoms with Crippen molar-refractivity contribution in [1.29, 1.82) is 0 Å². The molecule has 118 valence electrons. The second-order valence-corrected chi connectivity index (χ2v) is 6.86. The summed E-state index contributed by atoms with van der Waals surface area (Å²) in [6, 6.07) is 0. The number of cyclic esters (lactones) is 2. The van der Waals surface area contributed by atoms with Gasteiger partial charge < -0.3 is 19.7 Å². The lowest BCUT2D eigenvalue weighted by Crippen LogP contribution is -2.50. The fourth-order valence-corrected chi connectivity index (χ4v) is 3.24. The highest BCUT2D eigenvalue weighted by atomic mass is 16.6. The van der Waals surface area contributed by atoms with Crippen molar-refractivity contribution in [2.75, 3.05) is 0 Å². The summed E-state index contributed by atoms with van der Waals surface area (Å²) < 4.78 is 10.3. The molecule has 0 saturated carbocycles. The molecule has 7 nitrogen and oxygen atoms in total. The number of carbonyl (C=O) groups excluding carboxylic acids is 2. The zero-order valence-electron chi connectivity index (χ0n) is 12.5. The smallest absolute Gasteiger partial charge is 0.324 e. The van der Waals surface area contributed by atoms with Gasteiger partial charge >= 0.3 is 17.9 Å². The van der Waals surface area contributed by atoms with Gasteiger partial charge in [-0.05, 0) is 27.7 Å². The molecule has 0 aromatic carbocycles. The summed E-state index contributed by atoms with van der Waals surface area (Å²) in [5.41, 5.74) is -4.32. The molecule has 0 spiro atoms. The summed E-state index contributed by atoms with van der Waals surface area (Å²) >= 11 is 0. The minimum absolute atomic E-state index is 0.160. The van der Waals surface area contributed by atoms with E-state index in [1.165, 1.54) is 13.8 Å². The van der Waals surface area contributed by atoms with Crippen molar-refractivity contribution in [2.45, 2.75) is 57.8 Å². The lowest BCUT2D eigenvalue weighted by atomic mass is 9.65. The topological polar surface area (TPSA) is 110 Å². The van der Waals surface area contributed by atoms with Gasteiger partial charge in [-0.2, -0.15) is 0 Å². The highest BCUT2D eigenvalue weighted by Crippen LogP contribution is 2.52. The van der Waals surface area contributed by atoms with Gasteiger partial charge in [-0.1, -0.05) is 0 Å². The SMILES string of the molecule is CC(C)(O)[C@H]1C[C@@](C(=O)O)([C@H]2CC(=O)OC2(C)C)C(=O)O1. The molecule has 2 heterocycles. The zero-order valence-corrected chi connectivity index (χ0v) is 12.5. The summed E-state index contributed by atoms with van der Waals surface area (Å²) in [4.78, 5) is 35.7. The largest absolute Gasteiger partial charge is 0.480 e. The Balaban J connectivity index is 2.46. The second kappa shape index (κ2) is 4.43. The third kappa shape index (κ3) is 2.29. The fraction of sp³-hybridized carbons (Fsp3) is 0.786. The number of hydrogen-bond acceptors (Lipinski definition) is 6. The molecule has 2 fully saturated rings. The van der Waals surface area contributed by atoms with Gasteiger partial charge in [0.2, 0.25) is 0 Å². The first-order valence-electron chi connectivity index (χ1n) is 6.80. The highest BCUT2D eigenvalue weighted by Gasteiger charge is 2.67. The van der Waals surface area contributed by atoms with Crippen molar-refractivity contribution in [1.82, 2.24) is 0 Å². The van der Waals surface area contributed by atoms with E-state index in [0.29, 0.717) is 0 Å². The summed E-state index contributed by atoms with van der Waals surface area (Å²) in [6.45, 7) is 6.06. The van der Waals surface area contributed by atoms with Crippen LogP contribution in [0.4, 0.5) is 0 Å². The molecule has 2 aliphatic rings. The van der Waals surface area contributed by atoms with Gasteiger partial charge in [-0.25, -0.2) is 0 Å². The normalized spacial score (nSPS) is 35.5. The standard InChI is InChI=1S/C14H20O7/c1-12(2,19)8-6-14(10(16)17,11(18)20-8)7-5-9(15)21-13(7,3)4/h7-8,19H,5-6H2,1-4H3,(H,16,17)/t7-,8+,14-/m0/s1. The Morgan fingerprint density at radius 2 is 1.90 bits per heavy atom. The third-order valence-electron chi connectivity index (χ3n) is 4.47. The number of carboxylic acids is 1. The molecule has 21 heavy (non-hydrogen) atoms. The number of aliphatic carboxylic acids is 1. The van der Waals surface area contributed by atoms with Crippen LogP contribution in [0, 0.1) is 11.3 Å². The van der Waals surface area contributed by atoms with E-state index in [9.17, 15) is 24.6 Å². The van der Waals surface area contributed by atoms with Crippen LogP contribution < -0.4 is 0 Å². The molecule has 0 bridgehead atoms. The van der Waals surface area contributed by atoms with E-state index < -0.39 is 46.5 Å². The quantitative estimate of drug-likeness (QED) is 0.576. The second-order valence-electron chi connectivity index (χ2n) is 6.86. The number of aliphatic hydroxyl groups is 1. The van der Waals surface area contributed by atoms with Crippen LogP contribution in [0.15, 0.2) is 0 Å². The van der Waals surface area contributed by atoms with Crippen LogP contribution in [0.25, 0.3) is 0 Å². The maximum atomic E-state index is 12.3. The van der Waals surface area contributed by atoms with E-state index in [2.05, 4.69) is 0 Å². The average molecular weight is 300 g/mol. The maximum absolute atomic E-state index is 12.3. The first-order valence-corrected chi connectivity index (χ1v) is 6.80. The molecule has 0 aliphatic carbocycles. The van der Waals surface area contributed by atoms with Crippen LogP contribution in [-0.4, -0.2) is 45.4 Å². The van der Waals surface area contributed by atoms with E-state index >= 15 is 0 Å². The highest BCUT2D eigenvalue weighted by molar-refractivity contribution is 6.02. The molecular formula is C14H20O7. The zero-order chi connectivity index (χ0) is 16.2. The van der Waals surface area contributed by atoms with Gasteiger partial charge in [0.1, 0.15) is 11.7 Å². The monoisotopic (exact) mass is 300 g/mol. The Morgan fingerprint density at radius 3 is 2.24 bits per heavy atom. The Bertz CT molecular complexity index is 502. The van der Waals surface area contributed by atoms with Gasteiger partial charge in [0.15, 0.2) is 5.41 Å². The van der Waals surface area contributed by atoms with Crippen LogP contribution in [0.3, 0.4) is 0 Å². The molecule has 0 aromatic heterocycles. The summed E-state index contributed by atoms with van der Waals surface area (Å²) in [5.74, 6) is -3.64. The van der Waals surface area contributed by atoms with Crippen molar-refractivity contribution in [3.63, 3.8) is 0 Å². The van der Waals surface area contributed by atoms with Crippen LogP contribution in [0.2, 0.25) is 0 Å².